The van der Waals surface area contributed by atoms with Crippen molar-refractivity contribution in [1.29, 1.82) is 0 Å². The first-order chi connectivity index (χ1) is 18.4. The predicted molar refractivity (Wildman–Crippen MR) is 150 cm³/mol. The number of halogens is 1. The Morgan fingerprint density at radius 3 is 1.92 bits per heavy atom. The van der Waals surface area contributed by atoms with E-state index in [4.69, 9.17) is 16.3 Å². The smallest absolute Gasteiger partial charge is 0.255 e. The second-order valence-corrected chi connectivity index (χ2v) is 9.90. The van der Waals surface area contributed by atoms with Gasteiger partial charge < -0.3 is 19.1 Å². The molecule has 0 atom stereocenters. The highest BCUT2D eigenvalue weighted by molar-refractivity contribution is 6.33. The van der Waals surface area contributed by atoms with Crippen molar-refractivity contribution in [3.05, 3.63) is 106 Å². The molecule has 3 aromatic carbocycles. The van der Waals surface area contributed by atoms with Crippen molar-refractivity contribution in [2.24, 2.45) is 0 Å². The minimum atomic E-state index is -0.105. The number of benzene rings is 3. The van der Waals surface area contributed by atoms with Gasteiger partial charge in [0.25, 0.3) is 11.8 Å². The van der Waals surface area contributed by atoms with E-state index in [1.165, 1.54) is 5.56 Å². The van der Waals surface area contributed by atoms with Crippen molar-refractivity contribution < 1.29 is 14.3 Å². The Morgan fingerprint density at radius 2 is 1.34 bits per heavy atom. The second kappa shape index (κ2) is 10.8. The van der Waals surface area contributed by atoms with Gasteiger partial charge in [-0.05, 0) is 74.0 Å². The zero-order valence-corrected chi connectivity index (χ0v) is 22.5. The molecular weight excluding hydrogens is 498 g/mol. The zero-order chi connectivity index (χ0) is 26.8. The molecule has 1 fully saturated rings. The SMILES string of the molecule is COc1ccc(-c2cc(C(=O)N3CCN(C(=O)c4ccccc4Cl)CC3)c(C)n2-c2ccc(C)cc2)cc1. The van der Waals surface area contributed by atoms with Crippen LogP contribution < -0.4 is 4.74 Å². The van der Waals surface area contributed by atoms with E-state index in [0.717, 1.165) is 28.4 Å². The number of aromatic nitrogens is 1. The minimum Gasteiger partial charge on any atom is -0.497 e. The molecule has 6 nitrogen and oxygen atoms in total. The number of hydrogen-bond donors (Lipinski definition) is 0. The summed E-state index contributed by atoms with van der Waals surface area (Å²) in [5.74, 6) is 0.638. The van der Waals surface area contributed by atoms with Gasteiger partial charge in [-0.15, -0.1) is 0 Å². The maximum atomic E-state index is 13.8. The molecule has 7 heteroatoms. The monoisotopic (exact) mass is 527 g/mol. The summed E-state index contributed by atoms with van der Waals surface area (Å²) >= 11 is 6.24. The van der Waals surface area contributed by atoms with E-state index >= 15 is 0 Å². The molecule has 0 aliphatic carbocycles. The number of amides is 2. The summed E-state index contributed by atoms with van der Waals surface area (Å²) in [6.45, 7) is 5.88. The Balaban J connectivity index is 1.42. The summed E-state index contributed by atoms with van der Waals surface area (Å²) in [6, 6.07) is 25.2. The standard InChI is InChI=1S/C31H30ClN3O3/c1-21-8-12-24(13-9-21)35-22(2)27(20-29(35)23-10-14-25(38-3)15-11-23)31(37)34-18-16-33(17-19-34)30(36)26-6-4-5-7-28(26)32/h4-15,20H,16-19H2,1-3H3. The van der Waals surface area contributed by atoms with Crippen molar-refractivity contribution >= 4 is 23.4 Å². The highest BCUT2D eigenvalue weighted by Crippen LogP contribution is 2.32. The van der Waals surface area contributed by atoms with Crippen LogP contribution in [-0.4, -0.2) is 59.5 Å². The van der Waals surface area contributed by atoms with E-state index in [2.05, 4.69) is 35.8 Å². The fraction of sp³-hybridized carbons (Fsp3) is 0.226. The number of methoxy groups -OCH3 is 1. The Kier molecular flexibility index (Phi) is 7.25. The highest BCUT2D eigenvalue weighted by Gasteiger charge is 2.29. The Labute approximate surface area is 228 Å². The van der Waals surface area contributed by atoms with E-state index in [-0.39, 0.29) is 11.8 Å². The molecule has 0 radical (unpaired) electrons. The molecule has 1 aliphatic rings. The summed E-state index contributed by atoms with van der Waals surface area (Å²) < 4.78 is 7.47. The fourth-order valence-electron chi connectivity index (χ4n) is 4.91. The van der Waals surface area contributed by atoms with E-state index in [1.807, 2.05) is 42.2 Å². The van der Waals surface area contributed by atoms with Crippen LogP contribution in [0, 0.1) is 13.8 Å². The van der Waals surface area contributed by atoms with Gasteiger partial charge in [0.1, 0.15) is 5.75 Å². The van der Waals surface area contributed by atoms with E-state index in [1.54, 1.807) is 36.3 Å². The molecule has 0 spiro atoms. The lowest BCUT2D eigenvalue weighted by Gasteiger charge is -2.35. The quantitative estimate of drug-likeness (QED) is 0.319. The summed E-state index contributed by atoms with van der Waals surface area (Å²) in [5, 5.41) is 0.440. The van der Waals surface area contributed by atoms with Gasteiger partial charge >= 0.3 is 0 Å². The van der Waals surface area contributed by atoms with Crippen LogP contribution in [0.4, 0.5) is 0 Å². The van der Waals surface area contributed by atoms with Gasteiger partial charge in [-0.1, -0.05) is 41.4 Å². The molecule has 38 heavy (non-hydrogen) atoms. The van der Waals surface area contributed by atoms with Gasteiger partial charge in [0.05, 0.1) is 29.0 Å². The Morgan fingerprint density at radius 1 is 0.763 bits per heavy atom. The molecule has 1 aromatic heterocycles. The molecule has 4 aromatic rings. The van der Waals surface area contributed by atoms with E-state index in [9.17, 15) is 9.59 Å². The van der Waals surface area contributed by atoms with Gasteiger partial charge in [-0.2, -0.15) is 0 Å². The lowest BCUT2D eigenvalue weighted by Crippen LogP contribution is -2.50. The first-order valence-corrected chi connectivity index (χ1v) is 13.0. The van der Waals surface area contributed by atoms with Crippen LogP contribution in [0.2, 0.25) is 5.02 Å². The third-order valence-corrected chi connectivity index (χ3v) is 7.44. The molecule has 0 N–H and O–H groups in total. The predicted octanol–water partition coefficient (Wildman–Crippen LogP) is 6.02. The molecule has 0 unspecified atom stereocenters. The van der Waals surface area contributed by atoms with Crippen molar-refractivity contribution in [2.75, 3.05) is 33.3 Å². The van der Waals surface area contributed by atoms with Gasteiger partial charge in [-0.3, -0.25) is 9.59 Å². The van der Waals surface area contributed by atoms with Crippen molar-refractivity contribution in [1.82, 2.24) is 14.4 Å². The number of carbonyl (C=O) groups is 2. The third-order valence-electron chi connectivity index (χ3n) is 7.11. The molecule has 0 saturated carbocycles. The third kappa shape index (κ3) is 4.92. The van der Waals surface area contributed by atoms with Crippen molar-refractivity contribution in [2.45, 2.75) is 13.8 Å². The van der Waals surface area contributed by atoms with Crippen molar-refractivity contribution in [3.63, 3.8) is 0 Å². The highest BCUT2D eigenvalue weighted by atomic mass is 35.5. The van der Waals surface area contributed by atoms with Crippen LogP contribution in [0.15, 0.2) is 78.9 Å². The summed E-state index contributed by atoms with van der Waals surface area (Å²) in [6.07, 6.45) is 0. The van der Waals surface area contributed by atoms with Crippen LogP contribution in [0.5, 0.6) is 5.75 Å². The van der Waals surface area contributed by atoms with Gasteiger partial charge in [0.15, 0.2) is 0 Å². The largest absolute Gasteiger partial charge is 0.497 e. The van der Waals surface area contributed by atoms with Crippen LogP contribution in [0.1, 0.15) is 32.0 Å². The Bertz CT molecular complexity index is 1470. The van der Waals surface area contributed by atoms with Crippen molar-refractivity contribution in [3.8, 4) is 22.7 Å². The van der Waals surface area contributed by atoms with Gasteiger partial charge in [0.2, 0.25) is 0 Å². The molecule has 2 amide bonds. The second-order valence-electron chi connectivity index (χ2n) is 9.49. The molecule has 5 rings (SSSR count). The first-order valence-electron chi connectivity index (χ1n) is 12.6. The number of ether oxygens (including phenoxy) is 1. The average molecular weight is 528 g/mol. The maximum absolute atomic E-state index is 13.8. The minimum absolute atomic E-state index is 0.0343. The van der Waals surface area contributed by atoms with E-state index in [0.29, 0.717) is 42.3 Å². The van der Waals surface area contributed by atoms with Crippen LogP contribution in [0.25, 0.3) is 16.9 Å². The van der Waals surface area contributed by atoms with Gasteiger partial charge in [0, 0.05) is 37.6 Å². The maximum Gasteiger partial charge on any atom is 0.255 e. The summed E-state index contributed by atoms with van der Waals surface area (Å²) in [5.41, 5.74) is 6.11. The molecule has 1 aliphatic heterocycles. The number of aryl methyl sites for hydroxylation is 1. The lowest BCUT2D eigenvalue weighted by atomic mass is 10.1. The Hall–Kier alpha value is -4.03. The van der Waals surface area contributed by atoms with Gasteiger partial charge in [-0.25, -0.2) is 0 Å². The molecule has 2 heterocycles. The van der Waals surface area contributed by atoms with Crippen LogP contribution in [-0.2, 0) is 0 Å². The fourth-order valence-corrected chi connectivity index (χ4v) is 5.13. The molecular formula is C31H30ClN3O3. The van der Waals surface area contributed by atoms with Crippen LogP contribution in [0.3, 0.4) is 0 Å². The average Bonchev–Trinajstić information content (AvgIpc) is 3.30. The van der Waals surface area contributed by atoms with Crippen LogP contribution >= 0.6 is 11.6 Å². The number of piperazine rings is 1. The summed E-state index contributed by atoms with van der Waals surface area (Å²) in [7, 11) is 1.65. The van der Waals surface area contributed by atoms with E-state index < -0.39 is 0 Å². The normalized spacial score (nSPS) is 13.5. The first kappa shape index (κ1) is 25.6. The number of rotatable bonds is 5. The number of carbonyl (C=O) groups excluding carboxylic acids is 2. The number of hydrogen-bond acceptors (Lipinski definition) is 3. The molecule has 1 saturated heterocycles. The number of nitrogens with zero attached hydrogens (tertiary/aromatic N) is 3. The lowest BCUT2D eigenvalue weighted by molar-refractivity contribution is 0.0535. The zero-order valence-electron chi connectivity index (χ0n) is 21.8. The summed E-state index contributed by atoms with van der Waals surface area (Å²) in [4.78, 5) is 30.3. The molecule has 194 valence electrons. The molecule has 0 bridgehead atoms. The topological polar surface area (TPSA) is 54.8 Å².